The summed E-state index contributed by atoms with van der Waals surface area (Å²) in [4.78, 5) is 0. The molecular weight excluding hydrogens is 234 g/mol. The van der Waals surface area contributed by atoms with E-state index in [1.165, 1.54) is 16.7 Å². The normalized spacial score (nSPS) is 13.4. The van der Waals surface area contributed by atoms with E-state index >= 15 is 0 Å². The Hall–Kier alpha value is -1.02. The van der Waals surface area contributed by atoms with Crippen molar-refractivity contribution in [1.29, 1.82) is 0 Å². The maximum atomic E-state index is 5.46. The van der Waals surface area contributed by atoms with Crippen molar-refractivity contribution < 1.29 is 4.74 Å². The van der Waals surface area contributed by atoms with Gasteiger partial charge in [0.2, 0.25) is 0 Å². The van der Waals surface area contributed by atoms with Gasteiger partial charge in [0.05, 0.1) is 7.11 Å². The lowest BCUT2D eigenvalue weighted by Crippen LogP contribution is -2.34. The van der Waals surface area contributed by atoms with Gasteiger partial charge >= 0.3 is 0 Å². The lowest BCUT2D eigenvalue weighted by molar-refractivity contribution is 0.237. The Labute approximate surface area is 118 Å². The Morgan fingerprint density at radius 3 is 2.05 bits per heavy atom. The minimum Gasteiger partial charge on any atom is -0.496 e. The summed E-state index contributed by atoms with van der Waals surface area (Å²) in [6.45, 7) is 14.3. The van der Waals surface area contributed by atoms with Crippen LogP contribution in [0.1, 0.15) is 56.8 Å². The van der Waals surface area contributed by atoms with Crippen molar-refractivity contribution in [3.8, 4) is 5.75 Å². The molecule has 0 aliphatic carbocycles. The van der Waals surface area contributed by atoms with E-state index in [0.29, 0.717) is 6.04 Å². The molecule has 0 heterocycles. The van der Waals surface area contributed by atoms with Crippen molar-refractivity contribution >= 4 is 0 Å². The van der Waals surface area contributed by atoms with Gasteiger partial charge < -0.3 is 10.1 Å². The summed E-state index contributed by atoms with van der Waals surface area (Å²) >= 11 is 0. The average Bonchev–Trinajstić information content (AvgIpc) is 2.35. The molecule has 0 spiro atoms. The van der Waals surface area contributed by atoms with E-state index in [1.807, 2.05) is 0 Å². The maximum absolute atomic E-state index is 5.46. The van der Waals surface area contributed by atoms with E-state index < -0.39 is 0 Å². The standard InChI is InChI=1S/C17H29NO/c1-8-17(5,6)16(18-9-2)14-10-12(3)15(19-7)13(4)11-14/h10-11,16,18H,8-9H2,1-7H3. The minimum absolute atomic E-state index is 0.240. The molecule has 108 valence electrons. The summed E-state index contributed by atoms with van der Waals surface area (Å²) in [5.41, 5.74) is 4.04. The van der Waals surface area contributed by atoms with E-state index in [9.17, 15) is 0 Å². The molecule has 1 N–H and O–H groups in total. The SMILES string of the molecule is CCNC(c1cc(C)c(OC)c(C)c1)C(C)(C)CC. The molecule has 19 heavy (non-hydrogen) atoms. The van der Waals surface area contributed by atoms with Gasteiger partial charge in [-0.15, -0.1) is 0 Å². The highest BCUT2D eigenvalue weighted by Crippen LogP contribution is 2.38. The highest BCUT2D eigenvalue weighted by molar-refractivity contribution is 5.44. The van der Waals surface area contributed by atoms with Crippen LogP contribution in [0.2, 0.25) is 0 Å². The van der Waals surface area contributed by atoms with Crippen molar-refractivity contribution in [2.45, 2.75) is 54.0 Å². The summed E-state index contributed by atoms with van der Waals surface area (Å²) in [5, 5.41) is 3.64. The monoisotopic (exact) mass is 263 g/mol. The van der Waals surface area contributed by atoms with Crippen LogP contribution in [-0.4, -0.2) is 13.7 Å². The fourth-order valence-corrected chi connectivity index (χ4v) is 2.73. The Morgan fingerprint density at radius 1 is 1.16 bits per heavy atom. The molecule has 1 aromatic carbocycles. The molecule has 0 aliphatic rings. The first-order valence-corrected chi connectivity index (χ1v) is 7.25. The molecule has 0 amide bonds. The van der Waals surface area contributed by atoms with Gasteiger partial charge in [-0.25, -0.2) is 0 Å². The second kappa shape index (κ2) is 6.42. The highest BCUT2D eigenvalue weighted by Gasteiger charge is 2.29. The van der Waals surface area contributed by atoms with Crippen molar-refractivity contribution in [2.24, 2.45) is 5.41 Å². The number of aryl methyl sites for hydroxylation is 2. The third-order valence-electron chi connectivity index (χ3n) is 4.12. The number of hydrogen-bond acceptors (Lipinski definition) is 2. The van der Waals surface area contributed by atoms with Gasteiger partial charge in [0.15, 0.2) is 0 Å². The number of hydrogen-bond donors (Lipinski definition) is 1. The number of nitrogens with one attached hydrogen (secondary N) is 1. The molecule has 0 radical (unpaired) electrons. The van der Waals surface area contributed by atoms with Crippen LogP contribution in [0.5, 0.6) is 5.75 Å². The average molecular weight is 263 g/mol. The Bertz CT molecular complexity index is 400. The van der Waals surface area contributed by atoms with Crippen molar-refractivity contribution in [3.05, 3.63) is 28.8 Å². The summed E-state index contributed by atoms with van der Waals surface area (Å²) in [5.74, 6) is 1.01. The molecule has 1 aromatic rings. The summed E-state index contributed by atoms with van der Waals surface area (Å²) in [6, 6.07) is 4.90. The first kappa shape index (κ1) is 16.0. The molecule has 1 rings (SSSR count). The van der Waals surface area contributed by atoms with Crippen LogP contribution in [0, 0.1) is 19.3 Å². The first-order valence-electron chi connectivity index (χ1n) is 7.25. The fourth-order valence-electron chi connectivity index (χ4n) is 2.73. The Balaban J connectivity index is 3.24. The highest BCUT2D eigenvalue weighted by atomic mass is 16.5. The Kier molecular flexibility index (Phi) is 5.42. The number of methoxy groups -OCH3 is 1. The molecule has 0 fully saturated rings. The minimum atomic E-state index is 0.240. The molecule has 1 unspecified atom stereocenters. The summed E-state index contributed by atoms with van der Waals surface area (Å²) in [7, 11) is 1.74. The van der Waals surface area contributed by atoms with E-state index in [1.54, 1.807) is 7.11 Å². The maximum Gasteiger partial charge on any atom is 0.124 e. The largest absolute Gasteiger partial charge is 0.496 e. The quantitative estimate of drug-likeness (QED) is 0.821. The molecule has 2 heteroatoms. The lowest BCUT2D eigenvalue weighted by atomic mass is 9.77. The van der Waals surface area contributed by atoms with E-state index in [-0.39, 0.29) is 5.41 Å². The molecule has 0 bridgehead atoms. The number of benzene rings is 1. The van der Waals surface area contributed by atoms with E-state index in [2.05, 4.69) is 59.0 Å². The first-order chi connectivity index (χ1) is 8.87. The zero-order valence-electron chi connectivity index (χ0n) is 13.6. The van der Waals surface area contributed by atoms with Gasteiger partial charge in [-0.3, -0.25) is 0 Å². The van der Waals surface area contributed by atoms with Gasteiger partial charge in [0.1, 0.15) is 5.75 Å². The van der Waals surface area contributed by atoms with Crippen LogP contribution in [0.3, 0.4) is 0 Å². The third-order valence-corrected chi connectivity index (χ3v) is 4.12. The summed E-state index contributed by atoms with van der Waals surface area (Å²) in [6.07, 6.45) is 1.15. The second-order valence-electron chi connectivity index (χ2n) is 6.02. The van der Waals surface area contributed by atoms with Crippen molar-refractivity contribution in [1.82, 2.24) is 5.32 Å². The Morgan fingerprint density at radius 2 is 1.68 bits per heavy atom. The summed E-state index contributed by atoms with van der Waals surface area (Å²) < 4.78 is 5.46. The van der Waals surface area contributed by atoms with Gasteiger partial charge in [-0.1, -0.05) is 39.8 Å². The van der Waals surface area contributed by atoms with Crippen LogP contribution < -0.4 is 10.1 Å². The topological polar surface area (TPSA) is 21.3 Å². The van der Waals surface area contributed by atoms with Gasteiger partial charge in [0, 0.05) is 6.04 Å². The molecule has 2 nitrogen and oxygen atoms in total. The van der Waals surface area contributed by atoms with Gasteiger partial charge in [-0.05, 0) is 48.9 Å². The predicted octanol–water partition coefficient (Wildman–Crippen LogP) is 4.40. The van der Waals surface area contributed by atoms with Crippen molar-refractivity contribution in [3.63, 3.8) is 0 Å². The van der Waals surface area contributed by atoms with Gasteiger partial charge in [0.25, 0.3) is 0 Å². The van der Waals surface area contributed by atoms with Gasteiger partial charge in [-0.2, -0.15) is 0 Å². The molecular formula is C17H29NO. The van der Waals surface area contributed by atoms with Crippen LogP contribution in [0.15, 0.2) is 12.1 Å². The van der Waals surface area contributed by atoms with Crippen LogP contribution >= 0.6 is 0 Å². The van der Waals surface area contributed by atoms with E-state index in [0.717, 1.165) is 18.7 Å². The van der Waals surface area contributed by atoms with Crippen molar-refractivity contribution in [2.75, 3.05) is 13.7 Å². The third kappa shape index (κ3) is 3.50. The number of ether oxygens (including phenoxy) is 1. The number of rotatable bonds is 6. The zero-order valence-corrected chi connectivity index (χ0v) is 13.6. The van der Waals surface area contributed by atoms with Crippen LogP contribution in [0.25, 0.3) is 0 Å². The molecule has 0 aromatic heterocycles. The lowest BCUT2D eigenvalue weighted by Gasteiger charge is -2.35. The predicted molar refractivity (Wildman–Crippen MR) is 83.0 cm³/mol. The molecule has 1 atom stereocenters. The fraction of sp³-hybridized carbons (Fsp3) is 0.647. The smallest absolute Gasteiger partial charge is 0.124 e. The van der Waals surface area contributed by atoms with Crippen LogP contribution in [-0.2, 0) is 0 Å². The van der Waals surface area contributed by atoms with Crippen LogP contribution in [0.4, 0.5) is 0 Å². The van der Waals surface area contributed by atoms with E-state index in [4.69, 9.17) is 4.74 Å². The molecule has 0 aliphatic heterocycles. The molecule has 0 saturated carbocycles. The molecule has 0 saturated heterocycles. The zero-order chi connectivity index (χ0) is 14.6. The second-order valence-corrected chi connectivity index (χ2v) is 6.02.